The van der Waals surface area contributed by atoms with Gasteiger partial charge in [-0.15, -0.1) is 0 Å². The third kappa shape index (κ3) is 2.25. The number of nitrogens with zero attached hydrogens (tertiary/aromatic N) is 2. The van der Waals surface area contributed by atoms with E-state index in [1.807, 2.05) is 6.07 Å². The summed E-state index contributed by atoms with van der Waals surface area (Å²) < 4.78 is 17.1. The molecule has 0 amide bonds. The van der Waals surface area contributed by atoms with Crippen molar-refractivity contribution in [3.05, 3.63) is 63.4 Å². The number of aromatic nitrogens is 1. The highest BCUT2D eigenvalue weighted by Gasteiger charge is 2.26. The zero-order chi connectivity index (χ0) is 14.3. The van der Waals surface area contributed by atoms with E-state index in [9.17, 15) is 4.39 Å². The molecule has 1 aliphatic rings. The summed E-state index contributed by atoms with van der Waals surface area (Å²) in [6, 6.07) is 11.0. The lowest BCUT2D eigenvalue weighted by molar-refractivity contribution is 0.493. The molecule has 3 rings (SSSR count). The molecule has 0 aliphatic carbocycles. The van der Waals surface area contributed by atoms with Crippen molar-refractivity contribution in [2.24, 2.45) is 0 Å². The molecule has 3 nitrogen and oxygen atoms in total. The lowest BCUT2D eigenvalue weighted by Crippen LogP contribution is -2.35. The molecule has 20 heavy (non-hydrogen) atoms. The molecule has 1 aromatic heterocycles. The van der Waals surface area contributed by atoms with E-state index in [1.54, 1.807) is 17.1 Å². The average Bonchev–Trinajstić information content (AvgIpc) is 2.94. The Morgan fingerprint density at radius 3 is 2.40 bits per heavy atom. The Morgan fingerprint density at radius 1 is 1.10 bits per heavy atom. The fourth-order valence-corrected chi connectivity index (χ4v) is 3.24. The molecular formula is C15H15FIN3. The molecule has 2 aromatic rings. The highest BCUT2D eigenvalue weighted by Crippen LogP contribution is 2.32. The Morgan fingerprint density at radius 2 is 1.75 bits per heavy atom. The van der Waals surface area contributed by atoms with E-state index in [0.29, 0.717) is 5.69 Å². The van der Waals surface area contributed by atoms with Gasteiger partial charge in [0.2, 0.25) is 0 Å². The van der Waals surface area contributed by atoms with Gasteiger partial charge in [-0.25, -0.2) is 9.82 Å². The third-order valence-corrected chi connectivity index (χ3v) is 4.31. The fourth-order valence-electron chi connectivity index (χ4n) is 2.50. The van der Waals surface area contributed by atoms with Crippen molar-refractivity contribution in [1.29, 1.82) is 0 Å². The van der Waals surface area contributed by atoms with Crippen LogP contribution in [0.4, 0.5) is 10.1 Å². The Balaban J connectivity index is 1.94. The van der Waals surface area contributed by atoms with Crippen LogP contribution in [-0.4, -0.2) is 4.57 Å². The first-order valence-corrected chi connectivity index (χ1v) is 7.48. The first kappa shape index (κ1) is 13.6. The lowest BCUT2D eigenvalue weighted by Gasteiger charge is -2.24. The van der Waals surface area contributed by atoms with Crippen LogP contribution in [0.25, 0.3) is 0 Å². The zero-order valence-electron chi connectivity index (χ0n) is 11.3. The maximum Gasteiger partial charge on any atom is 0.148 e. The fraction of sp³-hybridized carbons (Fsp3) is 0.200. The molecule has 1 atom stereocenters. The van der Waals surface area contributed by atoms with E-state index in [-0.39, 0.29) is 12.0 Å². The molecular weight excluding hydrogens is 368 g/mol. The highest BCUT2D eigenvalue weighted by molar-refractivity contribution is 14.1. The van der Waals surface area contributed by atoms with Crippen molar-refractivity contribution in [3.8, 4) is 0 Å². The monoisotopic (exact) mass is 383 g/mol. The molecule has 1 aromatic carbocycles. The molecule has 1 N–H and O–H groups in total. The predicted octanol–water partition coefficient (Wildman–Crippen LogP) is 4.04. The summed E-state index contributed by atoms with van der Waals surface area (Å²) in [5.74, 6) is -0.232. The zero-order valence-corrected chi connectivity index (χ0v) is 13.4. The van der Waals surface area contributed by atoms with Gasteiger partial charge in [-0.1, -0.05) is 12.1 Å². The molecule has 104 valence electrons. The predicted molar refractivity (Wildman–Crippen MR) is 87.1 cm³/mol. The second kappa shape index (κ2) is 5.21. The normalized spacial score (nSPS) is 18.5. The Hall–Kier alpha value is -1.34. The van der Waals surface area contributed by atoms with Gasteiger partial charge in [0.05, 0.1) is 9.39 Å². The maximum atomic E-state index is 13.9. The van der Waals surface area contributed by atoms with E-state index in [4.69, 9.17) is 0 Å². The minimum absolute atomic E-state index is 0.0107. The summed E-state index contributed by atoms with van der Waals surface area (Å²) in [5.41, 5.74) is 6.23. The van der Waals surface area contributed by atoms with Crippen molar-refractivity contribution >= 4 is 28.3 Å². The largest absolute Gasteiger partial charge is 0.328 e. The van der Waals surface area contributed by atoms with E-state index < -0.39 is 0 Å². The van der Waals surface area contributed by atoms with Crippen LogP contribution >= 0.6 is 22.6 Å². The number of hydrogen-bond acceptors (Lipinski definition) is 2. The summed E-state index contributed by atoms with van der Waals surface area (Å²) in [7, 11) is 0. The number of halogens is 2. The van der Waals surface area contributed by atoms with Crippen molar-refractivity contribution in [2.75, 3.05) is 5.01 Å². The first-order chi connectivity index (χ1) is 9.58. The highest BCUT2D eigenvalue weighted by atomic mass is 127. The maximum absolute atomic E-state index is 13.9. The van der Waals surface area contributed by atoms with Gasteiger partial charge in [0.25, 0.3) is 0 Å². The lowest BCUT2D eigenvalue weighted by atomic mass is 10.3. The molecule has 0 saturated heterocycles. The summed E-state index contributed by atoms with van der Waals surface area (Å²) in [4.78, 5) is 0. The molecule has 0 radical (unpaired) electrons. The second-order valence-corrected chi connectivity index (χ2v) is 5.94. The van der Waals surface area contributed by atoms with Crippen molar-refractivity contribution in [2.45, 2.75) is 20.0 Å². The van der Waals surface area contributed by atoms with Crippen molar-refractivity contribution in [3.63, 3.8) is 0 Å². The van der Waals surface area contributed by atoms with E-state index in [0.717, 1.165) is 3.70 Å². The van der Waals surface area contributed by atoms with Crippen LogP contribution in [0.1, 0.15) is 17.6 Å². The number of anilines is 1. The van der Waals surface area contributed by atoms with Gasteiger partial charge in [0, 0.05) is 11.4 Å². The number of benzene rings is 1. The van der Waals surface area contributed by atoms with Gasteiger partial charge in [0.15, 0.2) is 0 Å². The van der Waals surface area contributed by atoms with Crippen LogP contribution in [0.2, 0.25) is 0 Å². The molecule has 0 saturated carbocycles. The Kier molecular flexibility index (Phi) is 3.55. The van der Waals surface area contributed by atoms with Crippen LogP contribution in [0, 0.1) is 19.7 Å². The van der Waals surface area contributed by atoms with Crippen LogP contribution in [0.3, 0.4) is 0 Å². The van der Waals surface area contributed by atoms with E-state index in [1.165, 1.54) is 17.5 Å². The standard InChI is InChI=1S/C15H15FIN3/c1-10-7-8-11(2)19(10)15-9-14(17)20(18-15)13-6-4-3-5-12(13)16/h3-9,15,18H,1-2H3. The minimum Gasteiger partial charge on any atom is -0.328 e. The van der Waals surface area contributed by atoms with Crippen molar-refractivity contribution < 1.29 is 4.39 Å². The van der Waals surface area contributed by atoms with Gasteiger partial charge in [-0.2, -0.15) is 0 Å². The number of para-hydroxylation sites is 1. The van der Waals surface area contributed by atoms with Crippen LogP contribution < -0.4 is 10.4 Å². The summed E-state index contributed by atoms with van der Waals surface area (Å²) in [6.07, 6.45) is 2.10. The van der Waals surface area contributed by atoms with Gasteiger partial charge >= 0.3 is 0 Å². The quantitative estimate of drug-likeness (QED) is 0.624. The number of aryl methyl sites for hydroxylation is 2. The van der Waals surface area contributed by atoms with Gasteiger partial charge in [-0.05, 0) is 66.8 Å². The summed E-state index contributed by atoms with van der Waals surface area (Å²) >= 11 is 2.22. The second-order valence-electron chi connectivity index (χ2n) is 4.84. The SMILES string of the molecule is Cc1ccc(C)n1C1C=C(I)N(c2ccccc2F)N1. The first-order valence-electron chi connectivity index (χ1n) is 6.40. The Bertz CT molecular complexity index is 658. The number of rotatable bonds is 2. The summed E-state index contributed by atoms with van der Waals surface area (Å²) in [5, 5.41) is 1.79. The van der Waals surface area contributed by atoms with Gasteiger partial charge in [0.1, 0.15) is 12.0 Å². The van der Waals surface area contributed by atoms with Crippen LogP contribution in [0.5, 0.6) is 0 Å². The molecule has 0 spiro atoms. The van der Waals surface area contributed by atoms with Gasteiger partial charge < -0.3 is 4.57 Å². The Labute approximate surface area is 131 Å². The van der Waals surface area contributed by atoms with Crippen LogP contribution in [0.15, 0.2) is 46.2 Å². The third-order valence-electron chi connectivity index (χ3n) is 3.47. The number of hydrogen-bond donors (Lipinski definition) is 1. The van der Waals surface area contributed by atoms with Crippen molar-refractivity contribution in [1.82, 2.24) is 9.99 Å². The van der Waals surface area contributed by atoms with Gasteiger partial charge in [-0.3, -0.25) is 5.01 Å². The average molecular weight is 383 g/mol. The van der Waals surface area contributed by atoms with E-state index >= 15 is 0 Å². The number of nitrogens with one attached hydrogen (secondary N) is 1. The molecule has 0 fully saturated rings. The molecule has 5 heteroatoms. The molecule has 1 aliphatic heterocycles. The number of hydrazine groups is 1. The molecule has 1 unspecified atom stereocenters. The molecule has 2 heterocycles. The minimum atomic E-state index is -0.232. The molecule has 0 bridgehead atoms. The smallest absolute Gasteiger partial charge is 0.148 e. The van der Waals surface area contributed by atoms with Crippen LogP contribution in [-0.2, 0) is 0 Å². The van der Waals surface area contributed by atoms with E-state index in [2.05, 4.69) is 64.6 Å². The topological polar surface area (TPSA) is 20.2 Å². The summed E-state index contributed by atoms with van der Waals surface area (Å²) in [6.45, 7) is 4.14.